The van der Waals surface area contributed by atoms with Gasteiger partial charge in [0.25, 0.3) is 0 Å². The van der Waals surface area contributed by atoms with Crippen molar-refractivity contribution in [1.29, 1.82) is 26.5 Å². The van der Waals surface area contributed by atoms with Gasteiger partial charge in [0, 0.05) is 234 Å². The molecule has 3 amide bonds. The number of hydrogen-bond acceptors (Lipinski definition) is 31. The van der Waals surface area contributed by atoms with Gasteiger partial charge in [-0.3, -0.25) is 48.3 Å². The van der Waals surface area contributed by atoms with E-state index >= 15 is 0 Å². The lowest BCUT2D eigenvalue weighted by atomic mass is 9.99. The monoisotopic (exact) mass is 1910 g/mol. The number of aliphatic carboxylic acids is 2. The van der Waals surface area contributed by atoms with E-state index in [1.807, 2.05) is 36.4 Å². The number of carbonyl (C=O) groups is 8. The number of aromatic nitrogens is 10. The van der Waals surface area contributed by atoms with Crippen LogP contribution in [0.3, 0.4) is 0 Å². The Kier molecular flexibility index (Phi) is 49.0. The number of anilines is 1. The van der Waals surface area contributed by atoms with Gasteiger partial charge in [-0.1, -0.05) is 25.6 Å². The fraction of sp³-hybridized carbons (Fsp3) is 0.430. The number of hydrogen-bond donors (Lipinski definition) is 6. The number of ether oxygens (including phenoxy) is 1. The van der Waals surface area contributed by atoms with Crippen LogP contribution < -0.4 is 16.4 Å². The predicted molar refractivity (Wildman–Crippen MR) is 491 cm³/mol. The van der Waals surface area contributed by atoms with Gasteiger partial charge in [-0.15, -0.1) is 0 Å². The Morgan fingerprint density at radius 1 is 0.584 bits per heavy atom. The highest BCUT2D eigenvalue weighted by atomic mass is 33.2. The first-order valence-corrected chi connectivity index (χ1v) is 45.0. The van der Waals surface area contributed by atoms with Crippen molar-refractivity contribution in [2.75, 3.05) is 38.0 Å². The number of carbonyl (C=O) groups excluding carboxylic acids is 6. The topological polar surface area (TPSA) is 478 Å². The number of likely N-dealkylation sites (tertiary alicyclic amines) is 3. The first kappa shape index (κ1) is 110. The molecule has 0 spiro atoms. The van der Waals surface area contributed by atoms with E-state index in [4.69, 9.17) is 41.4 Å². The molecule has 0 radical (unpaired) electrons. The summed E-state index contributed by atoms with van der Waals surface area (Å²) in [5.41, 5.74) is 10.5. The minimum atomic E-state index is -1.26. The lowest BCUT2D eigenvalue weighted by molar-refractivity contribution is -0.140. The molecule has 4 fully saturated rings. The first-order chi connectivity index (χ1) is 58.4. The third kappa shape index (κ3) is 35.3. The molecule has 0 saturated carbocycles. The molecule has 8 aromatic rings. The van der Waals surface area contributed by atoms with E-state index in [1.54, 1.807) is 115 Å². The summed E-state index contributed by atoms with van der Waals surface area (Å²) >= 11 is 24.2. The number of nitrogens with zero attached hydrogens (tertiary/aromatic N) is 17. The van der Waals surface area contributed by atoms with Crippen LogP contribution in [0.2, 0.25) is 0 Å². The van der Waals surface area contributed by atoms with Crippen LogP contribution in [0.1, 0.15) is 144 Å². The number of nitrogens with one attached hydrogen (secondary N) is 3. The number of fused-ring (bicyclic) bond motifs is 2. The zero-order chi connectivity index (χ0) is 92.0. The van der Waals surface area contributed by atoms with Gasteiger partial charge in [-0.05, 0) is 101 Å². The SMILES string of the molecule is C.CC(=O)C(=N)c1cc(-c2cnc(C)nc2)ccc1NCC(=O)O.CC(=O)c1nn(CC(=O)N2C[C@H](F)C[C@H]2CC#N)c2ccc(-c3cnc(C)nc3)cc12.CC(=O)c1nn(CC(=O)N2C[C@H](F)C[C@H]2CC(=O)O)c2ccc(-c3cnc(C)nc3)cc12.CC(C)(C)OC(=O)N1C[C@H](F)C[C@H]1CC#N.N#CC[C@@H]1C[C@@H](F)CN1.N#CN.S.S=S.S=S=S.S=S=S=S. The molecule has 668 valence electrons. The van der Waals surface area contributed by atoms with Crippen LogP contribution in [0.5, 0.6) is 0 Å². The van der Waals surface area contributed by atoms with Crippen molar-refractivity contribution in [3.8, 4) is 57.8 Å². The number of Topliss-reactive ketones (excluding diaryl/α,β-unsaturated/α-hetero) is 3. The van der Waals surface area contributed by atoms with Crippen LogP contribution in [-0.2, 0) is 136 Å². The van der Waals surface area contributed by atoms with Crippen molar-refractivity contribution < 1.29 is 70.9 Å². The van der Waals surface area contributed by atoms with Crippen molar-refractivity contribution in [1.82, 2.24) is 69.5 Å². The zero-order valence-corrected chi connectivity index (χ0v) is 76.7. The fourth-order valence-electron chi connectivity index (χ4n) is 12.7. The molecule has 32 nitrogen and oxygen atoms in total. The number of aryl methyl sites for hydroxylation is 3. The molecule has 0 unspecified atom stereocenters. The summed E-state index contributed by atoms with van der Waals surface area (Å²) in [6.07, 6.45) is 7.91. The Morgan fingerprint density at radius 3 is 1.30 bits per heavy atom. The summed E-state index contributed by atoms with van der Waals surface area (Å²) in [7, 11) is 3.26. The van der Waals surface area contributed by atoms with E-state index in [1.165, 1.54) is 68.8 Å². The molecule has 46 heteroatoms. The molecule has 7 N–H and O–H groups in total. The van der Waals surface area contributed by atoms with E-state index in [0.29, 0.717) is 69.9 Å². The molecule has 12 rings (SSSR count). The largest absolute Gasteiger partial charge is 0.481 e. The lowest BCUT2D eigenvalue weighted by Gasteiger charge is -2.27. The second-order valence-corrected chi connectivity index (χ2v) is 33.5. The second-order valence-electron chi connectivity index (χ2n) is 28.2. The number of ketones is 3. The number of carboxylic acids is 2. The van der Waals surface area contributed by atoms with Crippen molar-refractivity contribution >= 4 is 188 Å². The van der Waals surface area contributed by atoms with Gasteiger partial charge in [-0.2, -0.15) is 44.7 Å². The van der Waals surface area contributed by atoms with Crippen molar-refractivity contribution in [2.45, 2.75) is 189 Å². The average molecular weight is 1910 g/mol. The Bertz CT molecular complexity index is 5360. The normalized spacial score (nSPS) is 17.1. The fourth-order valence-corrected chi connectivity index (χ4v) is 12.7. The molecular weight excluding hydrogens is 1820 g/mol. The van der Waals surface area contributed by atoms with Crippen molar-refractivity contribution in [2.24, 2.45) is 5.73 Å². The van der Waals surface area contributed by atoms with Gasteiger partial charge in [-0.25, -0.2) is 52.3 Å². The quantitative estimate of drug-likeness (QED) is 0.0144. The molecule has 3 aromatic carbocycles. The lowest BCUT2D eigenvalue weighted by Crippen LogP contribution is -2.39. The summed E-state index contributed by atoms with van der Waals surface area (Å²) in [5, 5.41) is 74.2. The van der Waals surface area contributed by atoms with E-state index < -0.39 is 72.1 Å². The van der Waals surface area contributed by atoms with Gasteiger partial charge in [0.15, 0.2) is 23.5 Å². The van der Waals surface area contributed by atoms with Crippen LogP contribution in [-0.4, -0.2) is 214 Å². The van der Waals surface area contributed by atoms with Gasteiger partial charge < -0.3 is 46.0 Å². The molecule has 4 aliphatic rings. The number of alkyl halides is 4. The van der Waals surface area contributed by atoms with E-state index in [0.717, 1.165) is 42.3 Å². The standard InChI is InChI=1S/C22H21FN6O2.C22H22FN5O4.C16H16N4O3.C11H17FN2O2.C6H9FN2.CH2N2.CH4.S4.S3.S2.H2S/c1-13(30)22-19-7-15(16-9-25-14(2)26-10-16)3-4-20(19)29(27-22)12-21(31)28-11-17(23)8-18(28)5-6-24;1-12(29)22-18-5-14(15-8-24-13(2)25-9-15)3-4-19(18)28(26-22)11-20(30)27-10-16(23)6-17(27)7-21(31)32;1-9(21)16(17)13-5-11(12-6-18-10(2)19-7-12)3-4-14(13)20-8-15(22)23;1-11(2,3)16-10(15)14-7-8(12)6-9(14)4-5-13;7-5-3-6(1-2-8)9-4-5;2-1-3;;1-3-4-2;1-3-2;1-2;/h3-4,7,9-10,17-18H,5,8,11-12H2,1-2H3;3-5,8-9,16-17H,6-7,10-11H2,1-2H3,(H,31,32);3-7,17,20H,8H2,1-2H3,(H,22,23);8-9H,4,6-7H2,1-3H3;5-6,9H,1,3-4H2;2H2;1H4;;;;1H2/t17-,18-;16-,17+;;8-,9-;5-,6-;;;;;;/m11.11....../s1. The minimum absolute atomic E-state index is 0. The number of rotatable bonds is 19. The number of benzene rings is 3. The Labute approximate surface area is 765 Å². The second kappa shape index (κ2) is 55.6. The van der Waals surface area contributed by atoms with E-state index in [9.17, 15) is 55.9 Å². The third-order valence-electron chi connectivity index (χ3n) is 18.1. The highest BCUT2D eigenvalue weighted by Crippen LogP contribution is 2.33. The highest BCUT2D eigenvalue weighted by Gasteiger charge is 2.40. The molecule has 125 heavy (non-hydrogen) atoms. The zero-order valence-electron chi connectivity index (χ0n) is 68.3. The molecule has 5 aromatic heterocycles. The van der Waals surface area contributed by atoms with Gasteiger partial charge in [0.05, 0.1) is 80.6 Å². The molecular formula is C79H93F4N21O11S10. The molecule has 0 aliphatic carbocycles. The van der Waals surface area contributed by atoms with Gasteiger partial charge in [0.2, 0.25) is 11.8 Å². The predicted octanol–water partition coefficient (Wildman–Crippen LogP) is 10.2. The Balaban J connectivity index is 0.000000531. The summed E-state index contributed by atoms with van der Waals surface area (Å²) in [4.78, 5) is 124. The maximum absolute atomic E-state index is 13.9. The number of nitriles is 4. The third-order valence-corrected chi connectivity index (χ3v) is 20.3. The average Bonchev–Trinajstić information content (AvgIpc) is 1.63. The minimum Gasteiger partial charge on any atom is -0.481 e. The highest BCUT2D eigenvalue weighted by molar-refractivity contribution is 8.51. The van der Waals surface area contributed by atoms with Crippen LogP contribution in [0.25, 0.3) is 55.2 Å². The van der Waals surface area contributed by atoms with Crippen molar-refractivity contribution in [3.05, 3.63) is 126 Å². The first-order valence-electron chi connectivity index (χ1n) is 37.0. The van der Waals surface area contributed by atoms with E-state index in [2.05, 4.69) is 124 Å². The van der Waals surface area contributed by atoms with Crippen LogP contribution >= 0.6 is 13.5 Å². The van der Waals surface area contributed by atoms with Gasteiger partial charge >= 0.3 is 18.0 Å². The Morgan fingerprint density at radius 2 is 0.952 bits per heavy atom. The van der Waals surface area contributed by atoms with Crippen LogP contribution in [0.15, 0.2) is 91.8 Å². The summed E-state index contributed by atoms with van der Waals surface area (Å²) in [6.45, 7) is 14.4. The molecule has 4 saturated heterocycles. The summed E-state index contributed by atoms with van der Waals surface area (Å²) in [5.74, 6) is -1.81. The Hall–Kier alpha value is -10.8. The van der Waals surface area contributed by atoms with Crippen LogP contribution in [0, 0.1) is 71.6 Å². The number of nitrogens with two attached hydrogens (primary N) is 1. The van der Waals surface area contributed by atoms with Crippen LogP contribution in [0.4, 0.5) is 28.0 Å². The smallest absolute Gasteiger partial charge is 0.410 e. The molecule has 8 atom stereocenters. The summed E-state index contributed by atoms with van der Waals surface area (Å²) in [6, 6.07) is 20.5. The molecule has 0 bridgehead atoms. The number of amides is 3. The summed E-state index contributed by atoms with van der Waals surface area (Å²) < 4.78 is 61.3. The number of carboxylic acid groups (broad SMARTS) is 2. The maximum Gasteiger partial charge on any atom is 0.410 e. The molecule has 4 aliphatic heterocycles. The van der Waals surface area contributed by atoms with Gasteiger partial charge in [0.1, 0.15) is 84.5 Å². The molecule has 9 heterocycles. The maximum atomic E-state index is 13.9. The van der Waals surface area contributed by atoms with Crippen molar-refractivity contribution in [3.63, 3.8) is 0 Å². The number of halogens is 4. The van der Waals surface area contributed by atoms with E-state index in [-0.39, 0.29) is 145 Å².